The van der Waals surface area contributed by atoms with Crippen LogP contribution in [-0.4, -0.2) is 37.5 Å². The highest BCUT2D eigenvalue weighted by Gasteiger charge is 2.11. The van der Waals surface area contributed by atoms with Crippen molar-refractivity contribution in [3.05, 3.63) is 23.8 Å². The van der Waals surface area contributed by atoms with Crippen LogP contribution in [0.15, 0.2) is 18.2 Å². The fraction of sp³-hybridized carbons (Fsp3) is 0.600. The van der Waals surface area contributed by atoms with Crippen molar-refractivity contribution in [1.82, 2.24) is 5.32 Å². The SMILES string of the molecule is CCc1ccc(OCC(CO)NC(C)C)c(OC)c1. The van der Waals surface area contributed by atoms with Crippen molar-refractivity contribution in [3.63, 3.8) is 0 Å². The van der Waals surface area contributed by atoms with Gasteiger partial charge in [-0.25, -0.2) is 0 Å². The first-order valence-corrected chi connectivity index (χ1v) is 6.77. The molecule has 1 aromatic carbocycles. The van der Waals surface area contributed by atoms with E-state index in [9.17, 15) is 5.11 Å². The van der Waals surface area contributed by atoms with Gasteiger partial charge in [-0.3, -0.25) is 0 Å². The van der Waals surface area contributed by atoms with Gasteiger partial charge < -0.3 is 19.9 Å². The zero-order valence-electron chi connectivity index (χ0n) is 12.3. The summed E-state index contributed by atoms with van der Waals surface area (Å²) in [7, 11) is 1.64. The van der Waals surface area contributed by atoms with Crippen molar-refractivity contribution >= 4 is 0 Å². The Morgan fingerprint density at radius 1 is 1.26 bits per heavy atom. The number of nitrogens with one attached hydrogen (secondary N) is 1. The van der Waals surface area contributed by atoms with Gasteiger partial charge in [-0.1, -0.05) is 26.8 Å². The number of methoxy groups -OCH3 is 1. The van der Waals surface area contributed by atoms with E-state index >= 15 is 0 Å². The summed E-state index contributed by atoms with van der Waals surface area (Å²) in [5.41, 5.74) is 1.21. The Kier molecular flexibility index (Phi) is 6.67. The quantitative estimate of drug-likeness (QED) is 0.756. The maximum atomic E-state index is 9.29. The first-order chi connectivity index (χ1) is 9.10. The standard InChI is InChI=1S/C15H25NO3/c1-5-12-6-7-14(15(8-12)18-4)19-10-13(9-17)16-11(2)3/h6-8,11,13,16-17H,5,9-10H2,1-4H3. The number of aryl methyl sites for hydroxylation is 1. The molecule has 0 bridgehead atoms. The molecule has 4 nitrogen and oxygen atoms in total. The Balaban J connectivity index is 2.65. The van der Waals surface area contributed by atoms with Gasteiger partial charge >= 0.3 is 0 Å². The van der Waals surface area contributed by atoms with E-state index in [4.69, 9.17) is 9.47 Å². The fourth-order valence-electron chi connectivity index (χ4n) is 1.87. The molecule has 0 heterocycles. The van der Waals surface area contributed by atoms with Gasteiger partial charge in [0.25, 0.3) is 0 Å². The molecule has 1 atom stereocenters. The third-order valence-corrected chi connectivity index (χ3v) is 2.87. The molecule has 0 aliphatic rings. The van der Waals surface area contributed by atoms with Crippen LogP contribution in [-0.2, 0) is 6.42 Å². The lowest BCUT2D eigenvalue weighted by molar-refractivity contribution is 0.174. The Labute approximate surface area is 115 Å². The van der Waals surface area contributed by atoms with Crippen LogP contribution < -0.4 is 14.8 Å². The smallest absolute Gasteiger partial charge is 0.161 e. The molecule has 108 valence electrons. The number of aliphatic hydroxyl groups is 1. The van der Waals surface area contributed by atoms with Crippen molar-refractivity contribution in [2.45, 2.75) is 39.3 Å². The number of rotatable bonds is 8. The van der Waals surface area contributed by atoms with E-state index in [1.807, 2.05) is 32.0 Å². The summed E-state index contributed by atoms with van der Waals surface area (Å²) in [6, 6.07) is 6.17. The second-order valence-corrected chi connectivity index (χ2v) is 4.85. The summed E-state index contributed by atoms with van der Waals surface area (Å²) in [5, 5.41) is 12.5. The van der Waals surface area contributed by atoms with E-state index in [-0.39, 0.29) is 12.6 Å². The van der Waals surface area contributed by atoms with E-state index in [0.717, 1.165) is 12.2 Å². The summed E-state index contributed by atoms with van der Waals surface area (Å²) in [6.07, 6.45) is 0.963. The van der Waals surface area contributed by atoms with Gasteiger partial charge in [0.05, 0.1) is 19.8 Å². The van der Waals surface area contributed by atoms with Crippen molar-refractivity contribution < 1.29 is 14.6 Å². The highest BCUT2D eigenvalue weighted by molar-refractivity contribution is 5.42. The van der Waals surface area contributed by atoms with E-state index < -0.39 is 0 Å². The molecule has 0 aliphatic carbocycles. The highest BCUT2D eigenvalue weighted by atomic mass is 16.5. The minimum Gasteiger partial charge on any atom is -0.493 e. The van der Waals surface area contributed by atoms with Gasteiger partial charge in [0.15, 0.2) is 11.5 Å². The molecule has 0 aromatic heterocycles. The molecule has 0 spiro atoms. The lowest BCUT2D eigenvalue weighted by atomic mass is 10.1. The molecule has 0 aliphatic heterocycles. The van der Waals surface area contributed by atoms with Crippen LogP contribution in [0.1, 0.15) is 26.3 Å². The van der Waals surface area contributed by atoms with Crippen LogP contribution in [0, 0.1) is 0 Å². The third kappa shape index (κ3) is 5.09. The second kappa shape index (κ2) is 8.02. The normalized spacial score (nSPS) is 12.5. The van der Waals surface area contributed by atoms with Gasteiger partial charge in [0.2, 0.25) is 0 Å². The lowest BCUT2D eigenvalue weighted by Gasteiger charge is -2.20. The topological polar surface area (TPSA) is 50.7 Å². The van der Waals surface area contributed by atoms with Crippen LogP contribution in [0.25, 0.3) is 0 Å². The maximum absolute atomic E-state index is 9.29. The monoisotopic (exact) mass is 267 g/mol. The van der Waals surface area contributed by atoms with Crippen LogP contribution in [0.3, 0.4) is 0 Å². The number of hydrogen-bond donors (Lipinski definition) is 2. The molecule has 2 N–H and O–H groups in total. The third-order valence-electron chi connectivity index (χ3n) is 2.87. The van der Waals surface area contributed by atoms with Gasteiger partial charge in [-0.2, -0.15) is 0 Å². The van der Waals surface area contributed by atoms with Crippen LogP contribution in [0.4, 0.5) is 0 Å². The van der Waals surface area contributed by atoms with Crippen molar-refractivity contribution in [2.24, 2.45) is 0 Å². The predicted molar refractivity (Wildman–Crippen MR) is 77.0 cm³/mol. The summed E-state index contributed by atoms with van der Waals surface area (Å²) in [5.74, 6) is 1.45. The molecule has 4 heteroatoms. The van der Waals surface area contributed by atoms with Crippen molar-refractivity contribution in [3.8, 4) is 11.5 Å². The molecule has 1 rings (SSSR count). The van der Waals surface area contributed by atoms with Gasteiger partial charge in [-0.05, 0) is 24.1 Å². The Bertz CT molecular complexity index is 380. The van der Waals surface area contributed by atoms with E-state index in [2.05, 4.69) is 12.2 Å². The highest BCUT2D eigenvalue weighted by Crippen LogP contribution is 2.28. The van der Waals surface area contributed by atoms with Gasteiger partial charge in [-0.15, -0.1) is 0 Å². The Morgan fingerprint density at radius 2 is 2.00 bits per heavy atom. The maximum Gasteiger partial charge on any atom is 0.161 e. The van der Waals surface area contributed by atoms with Gasteiger partial charge in [0.1, 0.15) is 6.61 Å². The van der Waals surface area contributed by atoms with Crippen LogP contribution in [0.2, 0.25) is 0 Å². The first-order valence-electron chi connectivity index (χ1n) is 6.77. The molecule has 0 saturated heterocycles. The Morgan fingerprint density at radius 3 is 2.53 bits per heavy atom. The van der Waals surface area contributed by atoms with Gasteiger partial charge in [0, 0.05) is 6.04 Å². The summed E-state index contributed by atoms with van der Waals surface area (Å²) >= 11 is 0. The second-order valence-electron chi connectivity index (χ2n) is 4.85. The average molecular weight is 267 g/mol. The summed E-state index contributed by atoms with van der Waals surface area (Å²) in [6.45, 7) is 6.65. The van der Waals surface area contributed by atoms with Crippen molar-refractivity contribution in [2.75, 3.05) is 20.3 Å². The van der Waals surface area contributed by atoms with Crippen molar-refractivity contribution in [1.29, 1.82) is 0 Å². The summed E-state index contributed by atoms with van der Waals surface area (Å²) in [4.78, 5) is 0. The number of benzene rings is 1. The summed E-state index contributed by atoms with van der Waals surface area (Å²) < 4.78 is 11.1. The molecule has 1 unspecified atom stereocenters. The average Bonchev–Trinajstić information content (AvgIpc) is 2.42. The van der Waals surface area contributed by atoms with E-state index in [1.165, 1.54) is 5.56 Å². The predicted octanol–water partition coefficient (Wildman–Crippen LogP) is 2.00. The molecule has 0 fully saturated rings. The van der Waals surface area contributed by atoms with Crippen LogP contribution >= 0.6 is 0 Å². The molecule has 0 radical (unpaired) electrons. The lowest BCUT2D eigenvalue weighted by Crippen LogP contribution is -2.41. The largest absolute Gasteiger partial charge is 0.493 e. The minimum atomic E-state index is -0.0736. The Hall–Kier alpha value is -1.26. The molecular weight excluding hydrogens is 242 g/mol. The zero-order chi connectivity index (χ0) is 14.3. The molecule has 0 saturated carbocycles. The van der Waals surface area contributed by atoms with E-state index in [0.29, 0.717) is 18.4 Å². The number of aliphatic hydroxyl groups excluding tert-OH is 1. The number of hydrogen-bond acceptors (Lipinski definition) is 4. The molecule has 0 amide bonds. The fourth-order valence-corrected chi connectivity index (χ4v) is 1.87. The molecule has 19 heavy (non-hydrogen) atoms. The first kappa shape index (κ1) is 15.8. The number of ether oxygens (including phenoxy) is 2. The van der Waals surface area contributed by atoms with E-state index in [1.54, 1.807) is 7.11 Å². The van der Waals surface area contributed by atoms with Crippen LogP contribution in [0.5, 0.6) is 11.5 Å². The minimum absolute atomic E-state index is 0.0491. The molecule has 1 aromatic rings. The molecular formula is C15H25NO3. The zero-order valence-corrected chi connectivity index (χ0v) is 12.3.